The van der Waals surface area contributed by atoms with E-state index in [1.165, 1.54) is 0 Å². The van der Waals surface area contributed by atoms with Gasteiger partial charge in [0.2, 0.25) is 5.91 Å². The highest BCUT2D eigenvalue weighted by molar-refractivity contribution is 9.09. The van der Waals surface area contributed by atoms with Crippen LogP contribution in [0.4, 0.5) is 4.79 Å². The van der Waals surface area contributed by atoms with Crippen molar-refractivity contribution in [3.63, 3.8) is 0 Å². The number of imide groups is 1. The highest BCUT2D eigenvalue weighted by Gasteiger charge is 2.39. The molecular formula is C11H16BrNO4. The first-order valence-electron chi connectivity index (χ1n) is 5.53. The van der Waals surface area contributed by atoms with E-state index >= 15 is 0 Å². The van der Waals surface area contributed by atoms with Crippen molar-refractivity contribution in [3.05, 3.63) is 0 Å². The number of amides is 2. The number of hydrogen-bond donors (Lipinski definition) is 0. The van der Waals surface area contributed by atoms with Gasteiger partial charge in [0.05, 0.1) is 11.4 Å². The molecule has 0 aromatic heterocycles. The van der Waals surface area contributed by atoms with Crippen LogP contribution in [0.15, 0.2) is 0 Å². The van der Waals surface area contributed by atoms with Crippen molar-refractivity contribution < 1.29 is 19.1 Å². The molecule has 1 aliphatic rings. The van der Waals surface area contributed by atoms with Gasteiger partial charge in [-0.3, -0.25) is 9.59 Å². The SMILES string of the molecule is CC(C)[C@H]1COC(=O)N1C(=O)CCC(=O)CBr. The Hall–Kier alpha value is -0.910. The molecule has 0 aromatic rings. The van der Waals surface area contributed by atoms with E-state index in [0.29, 0.717) is 0 Å². The number of Topliss-reactive ketones (excluding diaryl/α,β-unsaturated/α-hetero) is 1. The average Bonchev–Trinajstić information content (AvgIpc) is 2.67. The van der Waals surface area contributed by atoms with Crippen molar-refractivity contribution in [2.24, 2.45) is 5.92 Å². The molecule has 0 saturated carbocycles. The van der Waals surface area contributed by atoms with Gasteiger partial charge in [-0.1, -0.05) is 29.8 Å². The van der Waals surface area contributed by atoms with Crippen LogP contribution < -0.4 is 0 Å². The second-order valence-electron chi connectivity index (χ2n) is 4.32. The lowest BCUT2D eigenvalue weighted by Gasteiger charge is -2.22. The van der Waals surface area contributed by atoms with Gasteiger partial charge >= 0.3 is 6.09 Å². The molecule has 0 bridgehead atoms. The summed E-state index contributed by atoms with van der Waals surface area (Å²) in [6.45, 7) is 4.10. The van der Waals surface area contributed by atoms with Gasteiger partial charge in [0.1, 0.15) is 12.4 Å². The van der Waals surface area contributed by atoms with Crippen molar-refractivity contribution in [3.8, 4) is 0 Å². The normalized spacial score (nSPS) is 19.6. The van der Waals surface area contributed by atoms with Crippen molar-refractivity contribution in [2.75, 3.05) is 11.9 Å². The molecule has 0 unspecified atom stereocenters. The Morgan fingerprint density at radius 3 is 2.65 bits per heavy atom. The van der Waals surface area contributed by atoms with Crippen molar-refractivity contribution in [1.82, 2.24) is 4.90 Å². The van der Waals surface area contributed by atoms with E-state index < -0.39 is 6.09 Å². The molecule has 0 aliphatic carbocycles. The first kappa shape index (κ1) is 14.2. The van der Waals surface area contributed by atoms with E-state index in [9.17, 15) is 14.4 Å². The molecule has 1 aliphatic heterocycles. The minimum Gasteiger partial charge on any atom is -0.447 e. The molecule has 96 valence electrons. The monoisotopic (exact) mass is 305 g/mol. The summed E-state index contributed by atoms with van der Waals surface area (Å²) in [5.41, 5.74) is 0. The second kappa shape index (κ2) is 6.14. The number of ketones is 1. The fraction of sp³-hybridized carbons (Fsp3) is 0.727. The Kier molecular flexibility index (Phi) is 5.11. The van der Waals surface area contributed by atoms with Crippen LogP contribution in [0.3, 0.4) is 0 Å². The average molecular weight is 306 g/mol. The quantitative estimate of drug-likeness (QED) is 0.726. The number of rotatable bonds is 5. The highest BCUT2D eigenvalue weighted by atomic mass is 79.9. The predicted molar refractivity (Wildman–Crippen MR) is 64.9 cm³/mol. The van der Waals surface area contributed by atoms with Gasteiger partial charge in [0.15, 0.2) is 0 Å². The lowest BCUT2D eigenvalue weighted by molar-refractivity contribution is -0.131. The van der Waals surface area contributed by atoms with Gasteiger partial charge in [-0.25, -0.2) is 9.69 Å². The van der Waals surface area contributed by atoms with Crippen LogP contribution in [0.2, 0.25) is 0 Å². The number of nitrogens with zero attached hydrogens (tertiary/aromatic N) is 1. The Balaban J connectivity index is 2.59. The van der Waals surface area contributed by atoms with E-state index in [1.54, 1.807) is 0 Å². The molecule has 6 heteroatoms. The number of hydrogen-bond acceptors (Lipinski definition) is 4. The molecule has 0 spiro atoms. The van der Waals surface area contributed by atoms with Gasteiger partial charge < -0.3 is 4.74 Å². The summed E-state index contributed by atoms with van der Waals surface area (Å²) in [5.74, 6) is -0.232. The maximum atomic E-state index is 11.8. The molecule has 17 heavy (non-hydrogen) atoms. The Labute approximate surface area is 109 Å². The lowest BCUT2D eigenvalue weighted by atomic mass is 10.0. The number of halogens is 1. The van der Waals surface area contributed by atoms with Crippen LogP contribution in [0, 0.1) is 5.92 Å². The second-order valence-corrected chi connectivity index (χ2v) is 4.89. The maximum absolute atomic E-state index is 11.8. The highest BCUT2D eigenvalue weighted by Crippen LogP contribution is 2.20. The van der Waals surface area contributed by atoms with E-state index in [2.05, 4.69) is 15.9 Å². The molecule has 0 aromatic carbocycles. The Bertz CT molecular complexity index is 329. The third kappa shape index (κ3) is 3.52. The maximum Gasteiger partial charge on any atom is 0.416 e. The standard InChI is InChI=1S/C11H16BrNO4/c1-7(2)9-6-17-11(16)13(9)10(15)4-3-8(14)5-12/h7,9H,3-6H2,1-2H3/t9-/m1/s1. The van der Waals surface area contributed by atoms with Gasteiger partial charge in [0, 0.05) is 12.8 Å². The number of carbonyl (C=O) groups is 3. The van der Waals surface area contributed by atoms with Crippen molar-refractivity contribution in [1.29, 1.82) is 0 Å². The van der Waals surface area contributed by atoms with Gasteiger partial charge in [-0.05, 0) is 5.92 Å². The number of carbonyl (C=O) groups excluding carboxylic acids is 3. The zero-order valence-corrected chi connectivity index (χ0v) is 11.5. The molecule has 1 fully saturated rings. The fourth-order valence-electron chi connectivity index (χ4n) is 1.65. The molecule has 2 amide bonds. The summed E-state index contributed by atoms with van der Waals surface area (Å²) < 4.78 is 4.87. The molecule has 5 nitrogen and oxygen atoms in total. The first-order valence-corrected chi connectivity index (χ1v) is 6.66. The van der Waals surface area contributed by atoms with E-state index in [0.717, 1.165) is 4.90 Å². The molecule has 1 atom stereocenters. The third-order valence-corrected chi connectivity index (χ3v) is 3.34. The number of cyclic esters (lactones) is 1. The smallest absolute Gasteiger partial charge is 0.416 e. The summed E-state index contributed by atoms with van der Waals surface area (Å²) in [6.07, 6.45) is -0.387. The van der Waals surface area contributed by atoms with Gasteiger partial charge in [0.25, 0.3) is 0 Å². The lowest BCUT2D eigenvalue weighted by Crippen LogP contribution is -2.41. The Morgan fingerprint density at radius 1 is 1.47 bits per heavy atom. The third-order valence-electron chi connectivity index (χ3n) is 2.71. The molecular weight excluding hydrogens is 290 g/mol. The van der Waals surface area contributed by atoms with Gasteiger partial charge in [-0.15, -0.1) is 0 Å². The largest absolute Gasteiger partial charge is 0.447 e. The first-order chi connectivity index (χ1) is 7.97. The molecule has 0 N–H and O–H groups in total. The van der Waals surface area contributed by atoms with Crippen LogP contribution in [-0.4, -0.2) is 40.7 Å². The van der Waals surface area contributed by atoms with E-state index in [1.807, 2.05) is 13.8 Å². The molecule has 1 saturated heterocycles. The molecule has 0 radical (unpaired) electrons. The van der Waals surface area contributed by atoms with E-state index in [-0.39, 0.29) is 48.4 Å². The van der Waals surface area contributed by atoms with Crippen LogP contribution in [0.1, 0.15) is 26.7 Å². The van der Waals surface area contributed by atoms with Crippen LogP contribution in [0.25, 0.3) is 0 Å². The van der Waals surface area contributed by atoms with Gasteiger partial charge in [-0.2, -0.15) is 0 Å². The summed E-state index contributed by atoms with van der Waals surface area (Å²) in [7, 11) is 0. The molecule has 1 heterocycles. The zero-order valence-electron chi connectivity index (χ0n) is 9.94. The van der Waals surface area contributed by atoms with Crippen LogP contribution in [0.5, 0.6) is 0 Å². The summed E-state index contributed by atoms with van der Waals surface area (Å²) in [4.78, 5) is 35.5. The summed E-state index contributed by atoms with van der Waals surface area (Å²) in [5, 5.41) is 0.234. The zero-order chi connectivity index (χ0) is 13.0. The minimum absolute atomic E-state index is 0.0491. The summed E-state index contributed by atoms with van der Waals surface area (Å²) in [6, 6.07) is -0.214. The topological polar surface area (TPSA) is 63.7 Å². The van der Waals surface area contributed by atoms with Crippen LogP contribution >= 0.6 is 15.9 Å². The minimum atomic E-state index is -0.597. The van der Waals surface area contributed by atoms with E-state index in [4.69, 9.17) is 4.74 Å². The Morgan fingerprint density at radius 2 is 2.12 bits per heavy atom. The number of alkyl halides is 1. The van der Waals surface area contributed by atoms with Crippen molar-refractivity contribution in [2.45, 2.75) is 32.7 Å². The number of ether oxygens (including phenoxy) is 1. The van der Waals surface area contributed by atoms with Crippen LogP contribution in [-0.2, 0) is 14.3 Å². The van der Waals surface area contributed by atoms with Crippen molar-refractivity contribution >= 4 is 33.7 Å². The summed E-state index contributed by atoms with van der Waals surface area (Å²) >= 11 is 3.03. The molecule has 1 rings (SSSR count). The fourth-order valence-corrected chi connectivity index (χ4v) is 1.93. The predicted octanol–water partition coefficient (Wildman–Crippen LogP) is 1.73.